The molecule has 2 N–H and O–H groups in total. The van der Waals surface area contributed by atoms with Gasteiger partial charge in [0.15, 0.2) is 12.4 Å². The third-order valence-electron chi connectivity index (χ3n) is 15.5. The summed E-state index contributed by atoms with van der Waals surface area (Å²) in [5.41, 5.74) is -1.69. The van der Waals surface area contributed by atoms with Crippen LogP contribution in [0.3, 0.4) is 0 Å². The average molecular weight is 647 g/mol. The lowest BCUT2D eigenvalue weighted by Gasteiger charge is -2.63. The molecule has 2 spiro atoms. The van der Waals surface area contributed by atoms with Crippen LogP contribution in [0.2, 0.25) is 0 Å². The molecule has 1 aliphatic heterocycles. The number of esters is 1. The first-order chi connectivity index (χ1) is 21.4. The second-order valence-corrected chi connectivity index (χ2v) is 17.7. The predicted molar refractivity (Wildman–Crippen MR) is 169 cm³/mol. The van der Waals surface area contributed by atoms with Gasteiger partial charge in [0.25, 0.3) is 0 Å². The molecule has 1 saturated heterocycles. The maximum absolute atomic E-state index is 12.6. The molecule has 15 unspecified atom stereocenters. The van der Waals surface area contributed by atoms with E-state index < -0.39 is 42.3 Å². The molecule has 0 radical (unpaired) electrons. The summed E-state index contributed by atoms with van der Waals surface area (Å²) in [5.74, 6) is 1.20. The van der Waals surface area contributed by atoms with Crippen LogP contribution in [0.5, 0.6) is 0 Å². The van der Waals surface area contributed by atoms with Crippen LogP contribution < -0.4 is 0 Å². The highest BCUT2D eigenvalue weighted by molar-refractivity contribution is 5.66. The molecule has 46 heavy (non-hydrogen) atoms. The van der Waals surface area contributed by atoms with Crippen LogP contribution in [0.4, 0.5) is 0 Å². The minimum Gasteiger partial charge on any atom is -0.457 e. The molecule has 9 heteroatoms. The van der Waals surface area contributed by atoms with Crippen LogP contribution in [0.1, 0.15) is 107 Å². The molecule has 5 aliphatic carbocycles. The Morgan fingerprint density at radius 1 is 1.02 bits per heavy atom. The fraction of sp³-hybridized carbons (Fsp3) is 0.919. The SMILES string of the molecule is CC(=O)OC(C1CC(C)C2C(O1)C(O)C1(C)C3CCC4C(C)(C)C(OC(C=O)OCC=O)CCC45C(C)C35CCC21C)C(C)(C)O. The van der Waals surface area contributed by atoms with E-state index in [2.05, 4.69) is 41.5 Å². The van der Waals surface area contributed by atoms with Crippen molar-refractivity contribution in [2.24, 2.45) is 56.7 Å². The van der Waals surface area contributed by atoms with E-state index in [4.69, 9.17) is 18.9 Å². The van der Waals surface area contributed by atoms with Gasteiger partial charge in [0, 0.05) is 12.3 Å². The molecule has 0 aromatic heterocycles. The number of aldehydes is 2. The maximum Gasteiger partial charge on any atom is 0.303 e. The third-order valence-corrected chi connectivity index (χ3v) is 15.5. The van der Waals surface area contributed by atoms with Gasteiger partial charge in [0.2, 0.25) is 6.29 Å². The Kier molecular flexibility index (Phi) is 8.29. The lowest BCUT2D eigenvalue weighted by molar-refractivity contribution is -0.224. The second-order valence-electron chi connectivity index (χ2n) is 17.7. The number of aliphatic hydroxyl groups is 2. The number of aliphatic hydroxyl groups excluding tert-OH is 1. The molecule has 0 aromatic rings. The van der Waals surface area contributed by atoms with E-state index in [-0.39, 0.29) is 51.6 Å². The summed E-state index contributed by atoms with van der Waals surface area (Å²) in [6, 6.07) is 0. The normalized spacial score (nSPS) is 50.0. The van der Waals surface area contributed by atoms with Crippen LogP contribution in [-0.4, -0.2) is 77.8 Å². The molecular formula is C37H58O9. The van der Waals surface area contributed by atoms with E-state index in [1.165, 1.54) is 6.92 Å². The first-order valence-corrected chi connectivity index (χ1v) is 17.8. The second kappa shape index (κ2) is 11.1. The smallest absolute Gasteiger partial charge is 0.303 e. The number of hydrogen-bond donors (Lipinski definition) is 2. The van der Waals surface area contributed by atoms with Crippen LogP contribution in [-0.2, 0) is 33.3 Å². The van der Waals surface area contributed by atoms with Crippen molar-refractivity contribution in [3.8, 4) is 0 Å². The molecule has 9 nitrogen and oxygen atoms in total. The van der Waals surface area contributed by atoms with Crippen LogP contribution in [0.25, 0.3) is 0 Å². The lowest BCUT2D eigenvalue weighted by atomic mass is 9.41. The van der Waals surface area contributed by atoms with E-state index in [1.54, 1.807) is 13.8 Å². The fourth-order valence-electron chi connectivity index (χ4n) is 13.7. The van der Waals surface area contributed by atoms with Gasteiger partial charge in [-0.2, -0.15) is 0 Å². The van der Waals surface area contributed by atoms with Crippen LogP contribution >= 0.6 is 0 Å². The topological polar surface area (TPSA) is 129 Å². The first kappa shape index (κ1) is 34.5. The standard InChI is InChI=1S/C37H58O9/c1-20-18-23(31(33(6,7)42)44-22(3)40)45-29-28(20)34(8)14-15-37-21(2)36(37)13-12-26(46-27(19-39)43-17-16-38)32(4,5)24(36)10-11-25(37)35(34,9)30(29)41/h16,19-21,23-31,41-42H,10-15,17-18H2,1-9H3. The van der Waals surface area contributed by atoms with Crippen molar-refractivity contribution < 1.29 is 43.5 Å². The Morgan fingerprint density at radius 2 is 1.67 bits per heavy atom. The summed E-state index contributed by atoms with van der Waals surface area (Å²) < 4.78 is 24.1. The molecular weight excluding hydrogens is 588 g/mol. The zero-order valence-corrected chi connectivity index (χ0v) is 29.4. The molecule has 6 rings (SSSR count). The predicted octanol–water partition coefficient (Wildman–Crippen LogP) is 4.87. The van der Waals surface area contributed by atoms with E-state index >= 15 is 0 Å². The van der Waals surface area contributed by atoms with Gasteiger partial charge in [-0.15, -0.1) is 0 Å². The van der Waals surface area contributed by atoms with E-state index in [0.29, 0.717) is 36.7 Å². The van der Waals surface area contributed by atoms with Gasteiger partial charge in [0.05, 0.1) is 30.0 Å². The van der Waals surface area contributed by atoms with Crippen molar-refractivity contribution in [3.63, 3.8) is 0 Å². The van der Waals surface area contributed by atoms with Crippen LogP contribution in [0, 0.1) is 56.7 Å². The monoisotopic (exact) mass is 646 g/mol. The van der Waals surface area contributed by atoms with Crippen molar-refractivity contribution in [2.75, 3.05) is 6.61 Å². The lowest BCUT2D eigenvalue weighted by Crippen LogP contribution is -2.60. The minimum atomic E-state index is -1.28. The Morgan fingerprint density at radius 3 is 2.28 bits per heavy atom. The van der Waals surface area contributed by atoms with Crippen molar-refractivity contribution in [1.82, 2.24) is 0 Å². The highest BCUT2D eigenvalue weighted by Gasteiger charge is 2.88. The van der Waals surface area contributed by atoms with Gasteiger partial charge in [-0.3, -0.25) is 9.59 Å². The highest BCUT2D eigenvalue weighted by atomic mass is 16.7. The van der Waals surface area contributed by atoms with Gasteiger partial charge >= 0.3 is 5.97 Å². The van der Waals surface area contributed by atoms with E-state index in [1.807, 2.05) is 0 Å². The molecule has 15 atom stereocenters. The third kappa shape index (κ3) is 4.32. The van der Waals surface area contributed by atoms with Crippen molar-refractivity contribution in [3.05, 3.63) is 0 Å². The molecule has 1 heterocycles. The largest absolute Gasteiger partial charge is 0.457 e. The Balaban J connectivity index is 1.30. The van der Waals surface area contributed by atoms with Gasteiger partial charge in [0.1, 0.15) is 12.9 Å². The van der Waals surface area contributed by atoms with E-state index in [9.17, 15) is 24.6 Å². The van der Waals surface area contributed by atoms with Crippen LogP contribution in [0.15, 0.2) is 0 Å². The summed E-state index contributed by atoms with van der Waals surface area (Å²) >= 11 is 0. The number of ether oxygens (including phenoxy) is 4. The molecule has 0 amide bonds. The van der Waals surface area contributed by atoms with Crippen molar-refractivity contribution in [2.45, 2.75) is 150 Å². The first-order valence-electron chi connectivity index (χ1n) is 17.8. The molecule has 6 fully saturated rings. The molecule has 0 aromatic carbocycles. The van der Waals surface area contributed by atoms with Gasteiger partial charge in [-0.1, -0.05) is 41.5 Å². The minimum absolute atomic E-state index is 0.120. The number of rotatable bonds is 9. The summed E-state index contributed by atoms with van der Waals surface area (Å²) in [4.78, 5) is 34.7. The fourth-order valence-corrected chi connectivity index (χ4v) is 13.7. The van der Waals surface area contributed by atoms with Gasteiger partial charge in [-0.05, 0) is 110 Å². The Bertz CT molecular complexity index is 1230. The molecule has 5 saturated carbocycles. The zero-order chi connectivity index (χ0) is 33.8. The number of carbonyl (C=O) groups excluding carboxylic acids is 3. The molecule has 0 bridgehead atoms. The highest BCUT2D eigenvalue weighted by Crippen LogP contribution is 2.91. The summed E-state index contributed by atoms with van der Waals surface area (Å²) in [6.45, 7) is 18.5. The van der Waals surface area contributed by atoms with E-state index in [0.717, 1.165) is 38.5 Å². The number of fused-ring (bicyclic) bond motifs is 4. The maximum atomic E-state index is 12.6. The number of carbonyl (C=O) groups is 3. The summed E-state index contributed by atoms with van der Waals surface area (Å²) in [6.07, 6.45) is 4.43. The molecule has 260 valence electrons. The average Bonchev–Trinajstić information content (AvgIpc) is 3.44. The van der Waals surface area contributed by atoms with Crippen molar-refractivity contribution >= 4 is 18.5 Å². The Labute approximate surface area is 274 Å². The summed E-state index contributed by atoms with van der Waals surface area (Å²) in [5, 5.41) is 23.6. The molecule has 6 aliphatic rings. The quantitative estimate of drug-likeness (QED) is 0.205. The van der Waals surface area contributed by atoms with Gasteiger partial charge < -0.3 is 34.0 Å². The Hall–Kier alpha value is -1.39. The summed E-state index contributed by atoms with van der Waals surface area (Å²) in [7, 11) is 0. The zero-order valence-electron chi connectivity index (χ0n) is 29.4. The van der Waals surface area contributed by atoms with Crippen molar-refractivity contribution in [1.29, 1.82) is 0 Å². The number of hydrogen-bond acceptors (Lipinski definition) is 9. The van der Waals surface area contributed by atoms with Gasteiger partial charge in [-0.25, -0.2) is 0 Å².